The maximum absolute atomic E-state index is 13.0. The summed E-state index contributed by atoms with van der Waals surface area (Å²) in [6.45, 7) is 0.0713. The van der Waals surface area contributed by atoms with Crippen molar-refractivity contribution in [1.82, 2.24) is 10.0 Å². The molecule has 128 valence electrons. The van der Waals surface area contributed by atoms with Crippen LogP contribution in [0.4, 0.5) is 4.39 Å². The monoisotopic (exact) mass is 434 g/mol. The van der Waals surface area contributed by atoms with Crippen LogP contribution >= 0.6 is 27.5 Å². The van der Waals surface area contributed by atoms with Crippen molar-refractivity contribution in [2.24, 2.45) is 0 Å². The van der Waals surface area contributed by atoms with Crippen molar-refractivity contribution in [3.63, 3.8) is 0 Å². The maximum Gasteiger partial charge on any atom is 0.252 e. The van der Waals surface area contributed by atoms with E-state index in [1.54, 1.807) is 6.07 Å². The minimum absolute atomic E-state index is 0.000595. The van der Waals surface area contributed by atoms with E-state index in [0.717, 1.165) is 0 Å². The molecule has 0 radical (unpaired) electrons. The second-order valence-electron chi connectivity index (χ2n) is 4.74. The third-order valence-electron chi connectivity index (χ3n) is 2.98. The van der Waals surface area contributed by atoms with Crippen molar-refractivity contribution < 1.29 is 17.6 Å². The molecule has 2 rings (SSSR count). The first-order valence-electron chi connectivity index (χ1n) is 6.78. The van der Waals surface area contributed by atoms with Gasteiger partial charge in [0.25, 0.3) is 5.91 Å². The minimum atomic E-state index is -3.70. The fraction of sp³-hybridized carbons (Fsp3) is 0.133. The lowest BCUT2D eigenvalue weighted by Crippen LogP contribution is -2.34. The number of nitrogens with one attached hydrogen (secondary N) is 2. The molecule has 0 aliphatic heterocycles. The van der Waals surface area contributed by atoms with Crippen molar-refractivity contribution in [3.8, 4) is 0 Å². The molecular formula is C15H13BrClFN2O3S. The predicted octanol–water partition coefficient (Wildman–Crippen LogP) is 2.95. The highest BCUT2D eigenvalue weighted by atomic mass is 79.9. The van der Waals surface area contributed by atoms with Gasteiger partial charge in [-0.3, -0.25) is 4.79 Å². The van der Waals surface area contributed by atoms with Gasteiger partial charge in [-0.05, 0) is 52.3 Å². The lowest BCUT2D eigenvalue weighted by molar-refractivity contribution is 0.0953. The maximum atomic E-state index is 13.0. The minimum Gasteiger partial charge on any atom is -0.351 e. The molecule has 2 N–H and O–H groups in total. The van der Waals surface area contributed by atoms with Crippen LogP contribution in [0.1, 0.15) is 10.4 Å². The second-order valence-corrected chi connectivity index (χ2v) is 7.79. The molecular weight excluding hydrogens is 423 g/mol. The third-order valence-corrected chi connectivity index (χ3v) is 5.33. The molecule has 0 atom stereocenters. The topological polar surface area (TPSA) is 75.3 Å². The number of sulfonamides is 1. The van der Waals surface area contributed by atoms with Crippen LogP contribution in [-0.4, -0.2) is 27.4 Å². The van der Waals surface area contributed by atoms with Crippen molar-refractivity contribution >= 4 is 43.5 Å². The number of hydrogen-bond acceptors (Lipinski definition) is 3. The Morgan fingerprint density at radius 1 is 1.17 bits per heavy atom. The number of carbonyl (C=O) groups is 1. The van der Waals surface area contributed by atoms with Crippen LogP contribution in [0, 0.1) is 5.82 Å². The van der Waals surface area contributed by atoms with Crippen LogP contribution in [-0.2, 0) is 10.0 Å². The Hall–Kier alpha value is -1.48. The zero-order valence-corrected chi connectivity index (χ0v) is 15.4. The number of halogens is 3. The van der Waals surface area contributed by atoms with E-state index in [1.807, 2.05) is 0 Å². The van der Waals surface area contributed by atoms with Gasteiger partial charge in [0.05, 0.1) is 10.5 Å². The Balaban J connectivity index is 1.89. The van der Waals surface area contributed by atoms with Crippen LogP contribution in [0.3, 0.4) is 0 Å². The third kappa shape index (κ3) is 5.01. The fourth-order valence-electron chi connectivity index (χ4n) is 1.85. The predicted molar refractivity (Wildman–Crippen MR) is 93.1 cm³/mol. The summed E-state index contributed by atoms with van der Waals surface area (Å²) in [5.41, 5.74) is 0.258. The number of hydrogen-bond donors (Lipinski definition) is 2. The van der Waals surface area contributed by atoms with E-state index in [2.05, 4.69) is 26.0 Å². The van der Waals surface area contributed by atoms with Crippen molar-refractivity contribution in [2.75, 3.05) is 13.1 Å². The molecule has 0 bridgehead atoms. The molecule has 5 nitrogen and oxygen atoms in total. The van der Waals surface area contributed by atoms with Gasteiger partial charge in [-0.25, -0.2) is 17.5 Å². The summed E-state index contributed by atoms with van der Waals surface area (Å²) >= 11 is 8.87. The molecule has 24 heavy (non-hydrogen) atoms. The summed E-state index contributed by atoms with van der Waals surface area (Å²) in [5.74, 6) is -0.906. The van der Waals surface area contributed by atoms with Crippen LogP contribution in [0.2, 0.25) is 5.02 Å². The van der Waals surface area contributed by atoms with Gasteiger partial charge in [0.15, 0.2) is 0 Å². The fourth-order valence-corrected chi connectivity index (χ4v) is 3.71. The molecule has 0 fully saturated rings. The van der Waals surface area contributed by atoms with Gasteiger partial charge in [-0.15, -0.1) is 0 Å². The van der Waals surface area contributed by atoms with Crippen LogP contribution in [0.5, 0.6) is 0 Å². The molecule has 1 amide bonds. The van der Waals surface area contributed by atoms with Gasteiger partial charge in [-0.1, -0.05) is 17.7 Å². The number of carbonyl (C=O) groups excluding carboxylic acids is 1. The number of rotatable bonds is 6. The van der Waals surface area contributed by atoms with E-state index in [1.165, 1.54) is 36.4 Å². The molecule has 0 aliphatic carbocycles. The number of benzene rings is 2. The van der Waals surface area contributed by atoms with E-state index in [0.29, 0.717) is 9.50 Å². The van der Waals surface area contributed by atoms with Crippen LogP contribution in [0.15, 0.2) is 51.8 Å². The SMILES string of the molecule is O=C(NCCNS(=O)(=O)c1cccc(Cl)c1)c1ccc(F)cc1Br. The first-order chi connectivity index (χ1) is 11.3. The van der Waals surface area contributed by atoms with Gasteiger partial charge in [-0.2, -0.15) is 0 Å². The van der Waals surface area contributed by atoms with Crippen molar-refractivity contribution in [1.29, 1.82) is 0 Å². The Kier molecular flexibility index (Phi) is 6.34. The highest BCUT2D eigenvalue weighted by molar-refractivity contribution is 9.10. The molecule has 0 spiro atoms. The Morgan fingerprint density at radius 2 is 1.92 bits per heavy atom. The van der Waals surface area contributed by atoms with E-state index in [-0.39, 0.29) is 23.5 Å². The Bertz CT molecular complexity index is 862. The molecule has 2 aromatic carbocycles. The molecule has 0 saturated heterocycles. The Morgan fingerprint density at radius 3 is 2.58 bits per heavy atom. The van der Waals surface area contributed by atoms with E-state index < -0.39 is 21.7 Å². The largest absolute Gasteiger partial charge is 0.351 e. The Labute approximate surface area is 152 Å². The molecule has 0 aliphatic rings. The van der Waals surface area contributed by atoms with Crippen LogP contribution in [0.25, 0.3) is 0 Å². The quantitative estimate of drug-likeness (QED) is 0.685. The normalized spacial score (nSPS) is 11.3. The summed E-state index contributed by atoms with van der Waals surface area (Å²) in [5, 5.41) is 2.86. The lowest BCUT2D eigenvalue weighted by atomic mass is 10.2. The van der Waals surface area contributed by atoms with Crippen LogP contribution < -0.4 is 10.0 Å². The molecule has 2 aromatic rings. The van der Waals surface area contributed by atoms with E-state index in [9.17, 15) is 17.6 Å². The second kappa shape index (κ2) is 8.06. The molecule has 0 heterocycles. The lowest BCUT2D eigenvalue weighted by Gasteiger charge is -2.09. The zero-order chi connectivity index (χ0) is 17.7. The van der Waals surface area contributed by atoms with Crippen molar-refractivity contribution in [2.45, 2.75) is 4.90 Å². The summed E-state index contributed by atoms with van der Waals surface area (Å²) < 4.78 is 39.8. The zero-order valence-electron chi connectivity index (χ0n) is 12.2. The first kappa shape index (κ1) is 18.9. The highest BCUT2D eigenvalue weighted by Gasteiger charge is 2.14. The van der Waals surface area contributed by atoms with Gasteiger partial charge >= 0.3 is 0 Å². The van der Waals surface area contributed by atoms with E-state index >= 15 is 0 Å². The molecule has 0 aromatic heterocycles. The summed E-state index contributed by atoms with van der Waals surface area (Å²) in [4.78, 5) is 12.0. The van der Waals surface area contributed by atoms with E-state index in [4.69, 9.17) is 11.6 Å². The van der Waals surface area contributed by atoms with Crippen molar-refractivity contribution in [3.05, 3.63) is 63.3 Å². The molecule has 0 saturated carbocycles. The average Bonchev–Trinajstić information content (AvgIpc) is 2.51. The highest BCUT2D eigenvalue weighted by Crippen LogP contribution is 2.18. The molecule has 0 unspecified atom stereocenters. The smallest absolute Gasteiger partial charge is 0.252 e. The molecule has 9 heteroatoms. The average molecular weight is 436 g/mol. The van der Waals surface area contributed by atoms with Gasteiger partial charge in [0.1, 0.15) is 5.82 Å². The summed E-state index contributed by atoms with van der Waals surface area (Å²) in [6, 6.07) is 9.54. The summed E-state index contributed by atoms with van der Waals surface area (Å²) in [7, 11) is -3.70. The standard InChI is InChI=1S/C15H13BrClFN2O3S/c16-14-9-11(18)4-5-13(14)15(21)19-6-7-20-24(22,23)12-3-1-2-10(17)8-12/h1-5,8-9,20H,6-7H2,(H,19,21). The first-order valence-corrected chi connectivity index (χ1v) is 9.43. The number of amides is 1. The van der Waals surface area contributed by atoms with Gasteiger partial charge in [0.2, 0.25) is 10.0 Å². The van der Waals surface area contributed by atoms with Gasteiger partial charge in [0, 0.05) is 22.6 Å². The van der Waals surface area contributed by atoms with Gasteiger partial charge < -0.3 is 5.32 Å². The summed E-state index contributed by atoms with van der Waals surface area (Å²) in [6.07, 6.45) is 0.